The highest BCUT2D eigenvalue weighted by atomic mass is 19.1. The van der Waals surface area contributed by atoms with E-state index in [1.165, 1.54) is 30.4 Å². The van der Waals surface area contributed by atoms with Crippen LogP contribution in [0.1, 0.15) is 25.0 Å². The van der Waals surface area contributed by atoms with Crippen LogP contribution >= 0.6 is 0 Å². The van der Waals surface area contributed by atoms with Gasteiger partial charge in [-0.15, -0.1) is 0 Å². The zero-order valence-electron chi connectivity index (χ0n) is 16.1. The Balaban J connectivity index is 1.62. The van der Waals surface area contributed by atoms with E-state index in [1.807, 2.05) is 30.1 Å². The van der Waals surface area contributed by atoms with Gasteiger partial charge in [0.15, 0.2) is 12.4 Å². The van der Waals surface area contributed by atoms with Crippen LogP contribution in [0.4, 0.5) is 10.1 Å². The third-order valence-electron chi connectivity index (χ3n) is 4.88. The molecule has 0 fully saturated rings. The molecule has 3 rings (SSSR count). The first kappa shape index (κ1) is 19.5. The van der Waals surface area contributed by atoms with Crippen LogP contribution < -0.4 is 4.90 Å². The van der Waals surface area contributed by atoms with Crippen molar-refractivity contribution in [1.29, 1.82) is 0 Å². The Hall–Kier alpha value is -3.21. The zero-order chi connectivity index (χ0) is 20.3. The number of benzene rings is 2. The fraction of sp³-hybridized carbons (Fsp3) is 0.217. The van der Waals surface area contributed by atoms with Gasteiger partial charge in [-0.05, 0) is 35.4 Å². The predicted octanol–water partition coefficient (Wildman–Crippen LogP) is 4.26. The normalized spacial score (nSPS) is 16.4. The van der Waals surface area contributed by atoms with E-state index in [4.69, 9.17) is 4.74 Å². The monoisotopic (exact) mass is 379 g/mol. The van der Waals surface area contributed by atoms with Crippen molar-refractivity contribution in [2.45, 2.75) is 19.3 Å². The zero-order valence-corrected chi connectivity index (χ0v) is 16.1. The maximum atomic E-state index is 12.9. The Morgan fingerprint density at radius 1 is 1.11 bits per heavy atom. The molecule has 0 spiro atoms. The molecular weight excluding hydrogens is 357 g/mol. The quantitative estimate of drug-likeness (QED) is 0.575. The number of allylic oxidation sites excluding steroid dienone is 1. The molecule has 4 nitrogen and oxygen atoms in total. The molecule has 0 saturated carbocycles. The molecule has 0 atom stereocenters. The van der Waals surface area contributed by atoms with Crippen LogP contribution in [0.15, 0.2) is 66.4 Å². The maximum absolute atomic E-state index is 12.9. The molecule has 5 heteroatoms. The summed E-state index contributed by atoms with van der Waals surface area (Å²) in [6.45, 7) is 3.79. The molecule has 1 aliphatic heterocycles. The molecule has 1 heterocycles. The van der Waals surface area contributed by atoms with Crippen LogP contribution in [0.25, 0.3) is 6.08 Å². The fourth-order valence-electron chi connectivity index (χ4n) is 3.38. The lowest BCUT2D eigenvalue weighted by atomic mass is 9.83. The van der Waals surface area contributed by atoms with Gasteiger partial charge in [0.2, 0.25) is 0 Å². The van der Waals surface area contributed by atoms with E-state index in [0.29, 0.717) is 5.56 Å². The number of esters is 1. The molecule has 0 N–H and O–H groups in total. The summed E-state index contributed by atoms with van der Waals surface area (Å²) in [6, 6.07) is 13.7. The molecule has 0 bridgehead atoms. The van der Waals surface area contributed by atoms with Crippen molar-refractivity contribution in [3.8, 4) is 0 Å². The van der Waals surface area contributed by atoms with E-state index in [1.54, 1.807) is 12.1 Å². The summed E-state index contributed by atoms with van der Waals surface area (Å²) in [5.41, 5.74) is 3.42. The van der Waals surface area contributed by atoms with Gasteiger partial charge < -0.3 is 9.64 Å². The Morgan fingerprint density at radius 3 is 2.46 bits per heavy atom. The number of halogens is 1. The van der Waals surface area contributed by atoms with Crippen LogP contribution in [-0.2, 0) is 19.7 Å². The number of fused-ring (bicyclic) bond motifs is 1. The van der Waals surface area contributed by atoms with Gasteiger partial charge in [0.25, 0.3) is 0 Å². The number of anilines is 1. The largest absolute Gasteiger partial charge is 0.454 e. The number of nitrogens with zero attached hydrogens (tertiary/aromatic N) is 1. The highest BCUT2D eigenvalue weighted by molar-refractivity contribution is 5.96. The minimum Gasteiger partial charge on any atom is -0.454 e. The number of ketones is 1. The number of hydrogen-bond donors (Lipinski definition) is 0. The predicted molar refractivity (Wildman–Crippen MR) is 107 cm³/mol. The average molecular weight is 379 g/mol. The first-order valence-corrected chi connectivity index (χ1v) is 8.97. The summed E-state index contributed by atoms with van der Waals surface area (Å²) < 4.78 is 17.9. The van der Waals surface area contributed by atoms with Gasteiger partial charge in [-0.2, -0.15) is 0 Å². The van der Waals surface area contributed by atoms with E-state index >= 15 is 0 Å². The molecule has 2 aromatic carbocycles. The maximum Gasteiger partial charge on any atom is 0.331 e. The van der Waals surface area contributed by atoms with Crippen molar-refractivity contribution < 1.29 is 18.7 Å². The first-order chi connectivity index (χ1) is 13.3. The fourth-order valence-corrected chi connectivity index (χ4v) is 3.38. The van der Waals surface area contributed by atoms with Crippen molar-refractivity contribution >= 4 is 23.5 Å². The number of ether oxygens (including phenoxy) is 1. The standard InChI is InChI=1S/C23H22FNO3/c1-23(2)19-6-4-5-7-20(19)25(3)21(23)14-18(26)15-28-22(27)13-10-16-8-11-17(24)12-9-16/h4-14H,15H2,1-3H3/b13-10+,21-14?. The van der Waals surface area contributed by atoms with E-state index in [2.05, 4.69) is 19.9 Å². The summed E-state index contributed by atoms with van der Waals surface area (Å²) in [6.07, 6.45) is 4.27. The molecule has 0 unspecified atom stereocenters. The van der Waals surface area contributed by atoms with E-state index in [0.717, 1.165) is 16.9 Å². The number of rotatable bonds is 5. The second kappa shape index (κ2) is 7.80. The Labute approximate surface area is 163 Å². The SMILES string of the molecule is CN1C(=CC(=O)COC(=O)/C=C/c2ccc(F)cc2)C(C)(C)c2ccccc21. The molecule has 1 aliphatic rings. The minimum atomic E-state index is -0.626. The molecule has 0 aromatic heterocycles. The van der Waals surface area contributed by atoms with Crippen molar-refractivity contribution in [1.82, 2.24) is 0 Å². The number of carbonyl (C=O) groups is 2. The topological polar surface area (TPSA) is 46.6 Å². The first-order valence-electron chi connectivity index (χ1n) is 8.97. The summed E-state index contributed by atoms with van der Waals surface area (Å²) in [5, 5.41) is 0. The summed E-state index contributed by atoms with van der Waals surface area (Å²) in [4.78, 5) is 26.2. The lowest BCUT2D eigenvalue weighted by Gasteiger charge is -2.23. The second-order valence-corrected chi connectivity index (χ2v) is 7.19. The molecule has 0 radical (unpaired) electrons. The lowest BCUT2D eigenvalue weighted by molar-refractivity contribution is -0.141. The Kier molecular flexibility index (Phi) is 5.45. The van der Waals surface area contributed by atoms with Gasteiger partial charge >= 0.3 is 5.97 Å². The molecule has 0 amide bonds. The molecule has 0 saturated heterocycles. The lowest BCUT2D eigenvalue weighted by Crippen LogP contribution is -2.25. The van der Waals surface area contributed by atoms with Gasteiger partial charge in [0, 0.05) is 36.0 Å². The van der Waals surface area contributed by atoms with E-state index in [-0.39, 0.29) is 23.6 Å². The van der Waals surface area contributed by atoms with Crippen molar-refractivity contribution in [3.05, 3.63) is 83.3 Å². The van der Waals surface area contributed by atoms with Gasteiger partial charge in [-0.25, -0.2) is 9.18 Å². The van der Waals surface area contributed by atoms with Crippen LogP contribution in [0.2, 0.25) is 0 Å². The van der Waals surface area contributed by atoms with Gasteiger partial charge in [-0.3, -0.25) is 4.79 Å². The van der Waals surface area contributed by atoms with Crippen molar-refractivity contribution in [2.75, 3.05) is 18.6 Å². The van der Waals surface area contributed by atoms with E-state index in [9.17, 15) is 14.0 Å². The van der Waals surface area contributed by atoms with Crippen LogP contribution in [0.5, 0.6) is 0 Å². The number of hydrogen-bond acceptors (Lipinski definition) is 4. The van der Waals surface area contributed by atoms with Crippen LogP contribution in [-0.4, -0.2) is 25.4 Å². The molecular formula is C23H22FNO3. The molecule has 28 heavy (non-hydrogen) atoms. The minimum absolute atomic E-state index is 0.286. The smallest absolute Gasteiger partial charge is 0.331 e. The number of carbonyl (C=O) groups excluding carboxylic acids is 2. The summed E-state index contributed by atoms with van der Waals surface area (Å²) >= 11 is 0. The van der Waals surface area contributed by atoms with Gasteiger partial charge in [-0.1, -0.05) is 44.2 Å². The number of likely N-dealkylation sites (N-methyl/N-ethyl adjacent to an activating group) is 1. The Bertz CT molecular complexity index is 958. The highest BCUT2D eigenvalue weighted by Crippen LogP contribution is 2.46. The summed E-state index contributed by atoms with van der Waals surface area (Å²) in [7, 11) is 1.92. The van der Waals surface area contributed by atoms with E-state index < -0.39 is 5.97 Å². The third kappa shape index (κ3) is 4.03. The Morgan fingerprint density at radius 2 is 1.79 bits per heavy atom. The molecule has 2 aromatic rings. The van der Waals surface area contributed by atoms with Crippen LogP contribution in [0, 0.1) is 5.82 Å². The van der Waals surface area contributed by atoms with Crippen molar-refractivity contribution in [3.63, 3.8) is 0 Å². The van der Waals surface area contributed by atoms with Crippen LogP contribution in [0.3, 0.4) is 0 Å². The molecule has 144 valence electrons. The average Bonchev–Trinajstić information content (AvgIpc) is 2.87. The second-order valence-electron chi connectivity index (χ2n) is 7.19. The summed E-state index contributed by atoms with van der Waals surface area (Å²) in [5.74, 6) is -1.26. The van der Waals surface area contributed by atoms with Crippen molar-refractivity contribution in [2.24, 2.45) is 0 Å². The third-order valence-corrected chi connectivity index (χ3v) is 4.88. The van der Waals surface area contributed by atoms with Gasteiger partial charge in [0.1, 0.15) is 5.82 Å². The van der Waals surface area contributed by atoms with Gasteiger partial charge in [0.05, 0.1) is 0 Å². The molecule has 0 aliphatic carbocycles. The highest BCUT2D eigenvalue weighted by Gasteiger charge is 2.38. The number of para-hydroxylation sites is 1.